The summed E-state index contributed by atoms with van der Waals surface area (Å²) in [5, 5.41) is 15.6. The van der Waals surface area contributed by atoms with Crippen LogP contribution in [0.5, 0.6) is 5.75 Å². The van der Waals surface area contributed by atoms with Crippen LogP contribution in [0.4, 0.5) is 11.6 Å². The minimum absolute atomic E-state index is 0.147. The van der Waals surface area contributed by atoms with E-state index in [0.717, 1.165) is 13.1 Å². The van der Waals surface area contributed by atoms with Crippen LogP contribution in [0.25, 0.3) is 0 Å². The summed E-state index contributed by atoms with van der Waals surface area (Å²) >= 11 is 0. The SMILES string of the molecule is CN(C)CCNCc1cc(=O)[nH]c(Nc2cccc(O)c2)n1. The van der Waals surface area contributed by atoms with Gasteiger partial charge in [-0.2, -0.15) is 0 Å². The van der Waals surface area contributed by atoms with Crippen molar-refractivity contribution in [2.75, 3.05) is 32.5 Å². The molecule has 0 bridgehead atoms. The van der Waals surface area contributed by atoms with Gasteiger partial charge < -0.3 is 20.6 Å². The zero-order valence-electron chi connectivity index (χ0n) is 12.8. The largest absolute Gasteiger partial charge is 0.508 e. The van der Waals surface area contributed by atoms with Crippen molar-refractivity contribution < 1.29 is 5.11 Å². The monoisotopic (exact) mass is 303 g/mol. The maximum atomic E-state index is 11.7. The molecule has 1 aromatic heterocycles. The lowest BCUT2D eigenvalue weighted by molar-refractivity contribution is 0.399. The Morgan fingerprint density at radius 2 is 2.14 bits per heavy atom. The quantitative estimate of drug-likeness (QED) is 0.567. The molecule has 2 rings (SSSR count). The lowest BCUT2D eigenvalue weighted by atomic mass is 10.3. The van der Waals surface area contributed by atoms with Crippen molar-refractivity contribution in [1.29, 1.82) is 0 Å². The molecular weight excluding hydrogens is 282 g/mol. The highest BCUT2D eigenvalue weighted by Crippen LogP contribution is 2.17. The molecule has 7 heteroatoms. The van der Waals surface area contributed by atoms with Crippen molar-refractivity contribution in [3.8, 4) is 5.75 Å². The smallest absolute Gasteiger partial charge is 0.252 e. The Kier molecular flexibility index (Phi) is 5.51. The molecule has 0 fully saturated rings. The number of nitrogens with zero attached hydrogens (tertiary/aromatic N) is 2. The lowest BCUT2D eigenvalue weighted by Crippen LogP contribution is -2.27. The Hall–Kier alpha value is -2.38. The molecule has 0 spiro atoms. The summed E-state index contributed by atoms with van der Waals surface area (Å²) in [4.78, 5) is 20.7. The molecule has 0 aliphatic heterocycles. The van der Waals surface area contributed by atoms with Crippen molar-refractivity contribution in [3.63, 3.8) is 0 Å². The number of likely N-dealkylation sites (N-methyl/N-ethyl adjacent to an activating group) is 1. The Morgan fingerprint density at radius 1 is 1.32 bits per heavy atom. The van der Waals surface area contributed by atoms with Crippen molar-refractivity contribution in [3.05, 3.63) is 46.4 Å². The van der Waals surface area contributed by atoms with Gasteiger partial charge in [0.1, 0.15) is 5.75 Å². The molecule has 0 amide bonds. The number of hydrogen-bond acceptors (Lipinski definition) is 6. The van der Waals surface area contributed by atoms with Gasteiger partial charge in [-0.1, -0.05) is 6.07 Å². The Bertz CT molecular complexity index is 669. The maximum Gasteiger partial charge on any atom is 0.252 e. The highest BCUT2D eigenvalue weighted by molar-refractivity contribution is 5.55. The minimum Gasteiger partial charge on any atom is -0.508 e. The molecule has 4 N–H and O–H groups in total. The number of aromatic amines is 1. The van der Waals surface area contributed by atoms with Crippen molar-refractivity contribution in [2.24, 2.45) is 0 Å². The highest BCUT2D eigenvalue weighted by Gasteiger charge is 2.03. The minimum atomic E-state index is -0.220. The number of phenolic OH excluding ortho intramolecular Hbond substituents is 1. The van der Waals surface area contributed by atoms with Crippen LogP contribution in [0, 0.1) is 0 Å². The first kappa shape index (κ1) is 16.0. The van der Waals surface area contributed by atoms with Crippen LogP contribution in [0.3, 0.4) is 0 Å². The second-order valence-corrected chi connectivity index (χ2v) is 5.24. The Labute approximate surface area is 129 Å². The van der Waals surface area contributed by atoms with E-state index < -0.39 is 0 Å². The van der Waals surface area contributed by atoms with Crippen LogP contribution in [0.15, 0.2) is 35.1 Å². The van der Waals surface area contributed by atoms with Crippen molar-refractivity contribution >= 4 is 11.6 Å². The summed E-state index contributed by atoms with van der Waals surface area (Å²) in [6.07, 6.45) is 0. The van der Waals surface area contributed by atoms with Gasteiger partial charge in [0.25, 0.3) is 5.56 Å². The third kappa shape index (κ3) is 5.19. The van der Waals surface area contributed by atoms with Crippen LogP contribution in [0.2, 0.25) is 0 Å². The number of phenols is 1. The van der Waals surface area contributed by atoms with Crippen LogP contribution in [-0.4, -0.2) is 47.2 Å². The van der Waals surface area contributed by atoms with Crippen molar-refractivity contribution in [1.82, 2.24) is 20.2 Å². The fraction of sp³-hybridized carbons (Fsp3) is 0.333. The average Bonchev–Trinajstić information content (AvgIpc) is 2.43. The van der Waals surface area contributed by atoms with Gasteiger partial charge in [-0.3, -0.25) is 9.78 Å². The number of aromatic hydroxyl groups is 1. The fourth-order valence-electron chi connectivity index (χ4n) is 1.90. The van der Waals surface area contributed by atoms with Gasteiger partial charge in [-0.25, -0.2) is 4.98 Å². The molecule has 0 atom stereocenters. The number of H-pyrrole nitrogens is 1. The zero-order chi connectivity index (χ0) is 15.9. The van der Waals surface area contributed by atoms with Gasteiger partial charge in [0.2, 0.25) is 5.95 Å². The van der Waals surface area contributed by atoms with Gasteiger partial charge >= 0.3 is 0 Å². The summed E-state index contributed by atoms with van der Waals surface area (Å²) in [6.45, 7) is 2.25. The molecule has 0 aliphatic carbocycles. The number of anilines is 2. The third-order valence-electron chi connectivity index (χ3n) is 2.95. The summed E-state index contributed by atoms with van der Waals surface area (Å²) in [5.74, 6) is 0.497. The predicted molar refractivity (Wildman–Crippen MR) is 86.5 cm³/mol. The molecule has 1 heterocycles. The van der Waals surface area contributed by atoms with Crippen LogP contribution >= 0.6 is 0 Å². The molecule has 0 aliphatic rings. The Morgan fingerprint density at radius 3 is 2.86 bits per heavy atom. The first-order valence-electron chi connectivity index (χ1n) is 7.04. The van der Waals surface area contributed by atoms with Gasteiger partial charge in [0.15, 0.2) is 0 Å². The van der Waals surface area contributed by atoms with E-state index in [4.69, 9.17) is 0 Å². The third-order valence-corrected chi connectivity index (χ3v) is 2.95. The Balaban J connectivity index is 2.02. The first-order chi connectivity index (χ1) is 10.5. The lowest BCUT2D eigenvalue weighted by Gasteiger charge is -2.11. The molecule has 0 radical (unpaired) electrons. The standard InChI is InChI=1S/C15H21N5O2/c1-20(2)7-6-16-10-12-9-14(22)19-15(18-12)17-11-4-3-5-13(21)8-11/h3-5,8-9,16,21H,6-7,10H2,1-2H3,(H2,17,18,19,22). The first-order valence-corrected chi connectivity index (χ1v) is 7.04. The average molecular weight is 303 g/mol. The van der Waals surface area contributed by atoms with E-state index in [0.29, 0.717) is 23.9 Å². The van der Waals surface area contributed by atoms with E-state index in [2.05, 4.69) is 25.5 Å². The molecule has 7 nitrogen and oxygen atoms in total. The van der Waals surface area contributed by atoms with Gasteiger partial charge in [-0.15, -0.1) is 0 Å². The summed E-state index contributed by atoms with van der Waals surface area (Å²) < 4.78 is 0. The van der Waals surface area contributed by atoms with Crippen molar-refractivity contribution in [2.45, 2.75) is 6.54 Å². The molecule has 2 aromatic rings. The molecule has 0 saturated carbocycles. The predicted octanol–water partition coefficient (Wildman–Crippen LogP) is 0.870. The second kappa shape index (κ2) is 7.58. The van der Waals surface area contributed by atoms with Crippen LogP contribution in [0.1, 0.15) is 5.69 Å². The summed E-state index contributed by atoms with van der Waals surface area (Å²) in [6, 6.07) is 8.09. The van der Waals surface area contributed by atoms with Gasteiger partial charge in [0.05, 0.1) is 5.69 Å². The van der Waals surface area contributed by atoms with Gasteiger partial charge in [0, 0.05) is 37.5 Å². The maximum absolute atomic E-state index is 11.7. The number of nitrogens with one attached hydrogen (secondary N) is 3. The van der Waals surface area contributed by atoms with E-state index in [1.807, 2.05) is 14.1 Å². The summed E-state index contributed by atoms with van der Waals surface area (Å²) in [7, 11) is 4.01. The van der Waals surface area contributed by atoms with E-state index in [9.17, 15) is 9.90 Å². The molecule has 0 unspecified atom stereocenters. The number of aromatic nitrogens is 2. The van der Waals surface area contributed by atoms with Gasteiger partial charge in [-0.05, 0) is 26.2 Å². The van der Waals surface area contributed by atoms with E-state index in [1.54, 1.807) is 24.3 Å². The second-order valence-electron chi connectivity index (χ2n) is 5.24. The zero-order valence-corrected chi connectivity index (χ0v) is 12.8. The normalized spacial score (nSPS) is 10.9. The van der Waals surface area contributed by atoms with E-state index in [1.165, 1.54) is 6.07 Å². The molecule has 1 aromatic carbocycles. The number of rotatable bonds is 7. The molecule has 0 saturated heterocycles. The molecular formula is C15H21N5O2. The molecule has 22 heavy (non-hydrogen) atoms. The van der Waals surface area contributed by atoms with Crippen LogP contribution < -0.4 is 16.2 Å². The number of benzene rings is 1. The number of hydrogen-bond donors (Lipinski definition) is 4. The topological polar surface area (TPSA) is 93.3 Å². The molecule has 118 valence electrons. The summed E-state index contributed by atoms with van der Waals surface area (Å²) in [5.41, 5.74) is 1.09. The highest BCUT2D eigenvalue weighted by atomic mass is 16.3. The van der Waals surface area contributed by atoms with Crippen LogP contribution in [-0.2, 0) is 6.54 Å². The van der Waals surface area contributed by atoms with E-state index in [-0.39, 0.29) is 11.3 Å². The van der Waals surface area contributed by atoms with E-state index >= 15 is 0 Å². The fourth-order valence-corrected chi connectivity index (χ4v) is 1.90.